The molecule has 1 aliphatic heterocycles. The molecule has 1 saturated heterocycles. The van der Waals surface area contributed by atoms with Gasteiger partial charge in [-0.05, 0) is 31.2 Å². The van der Waals surface area contributed by atoms with Crippen LogP contribution in [-0.4, -0.2) is 42.7 Å². The van der Waals surface area contributed by atoms with Crippen LogP contribution in [0.2, 0.25) is 0 Å². The highest BCUT2D eigenvalue weighted by atomic mass is 16.5. The lowest BCUT2D eigenvalue weighted by molar-refractivity contribution is 0.0143. The maximum atomic E-state index is 8.95. The Kier molecular flexibility index (Phi) is 4.91. The first-order chi connectivity index (χ1) is 11.3. The molecule has 2 aromatic rings. The summed E-state index contributed by atoms with van der Waals surface area (Å²) in [5.74, 6) is 2.54. The minimum absolute atomic E-state index is 0.111. The highest BCUT2D eigenvalue weighted by Crippen LogP contribution is 2.24. The number of aryl methyl sites for hydroxylation is 1. The summed E-state index contributed by atoms with van der Waals surface area (Å²) in [7, 11) is 0. The molecule has 0 aromatic carbocycles. The average Bonchev–Trinajstić information content (AvgIpc) is 3.02. The van der Waals surface area contributed by atoms with Crippen molar-refractivity contribution in [2.24, 2.45) is 0 Å². The van der Waals surface area contributed by atoms with Crippen LogP contribution in [0.5, 0.6) is 0 Å². The van der Waals surface area contributed by atoms with Crippen LogP contribution >= 0.6 is 0 Å². The zero-order valence-electron chi connectivity index (χ0n) is 13.2. The zero-order chi connectivity index (χ0) is 16.1. The van der Waals surface area contributed by atoms with Crippen molar-refractivity contribution >= 4 is 5.82 Å². The number of anilines is 1. The van der Waals surface area contributed by atoms with E-state index in [0.717, 1.165) is 37.8 Å². The third-order valence-electron chi connectivity index (χ3n) is 3.92. The molecule has 0 spiro atoms. The average molecular weight is 312 g/mol. The molecular weight excluding hydrogens is 292 g/mol. The van der Waals surface area contributed by atoms with Crippen LogP contribution in [-0.2, 0) is 4.74 Å². The molecule has 23 heavy (non-hydrogen) atoms. The highest BCUT2D eigenvalue weighted by molar-refractivity contribution is 5.38. The number of hydrogen-bond donors (Lipinski definition) is 1. The Balaban J connectivity index is 1.74. The minimum Gasteiger partial charge on any atom is -0.465 e. The molecule has 1 N–H and O–H groups in total. The number of hydrogen-bond acceptors (Lipinski definition) is 6. The lowest BCUT2D eigenvalue weighted by atomic mass is 10.1. The van der Waals surface area contributed by atoms with E-state index >= 15 is 0 Å². The molecule has 0 bridgehead atoms. The predicted molar refractivity (Wildman–Crippen MR) is 86.0 cm³/mol. The van der Waals surface area contributed by atoms with Crippen LogP contribution in [0.15, 0.2) is 34.7 Å². The molecule has 0 amide bonds. The maximum absolute atomic E-state index is 8.95. The summed E-state index contributed by atoms with van der Waals surface area (Å²) in [5, 5.41) is 12.3. The summed E-state index contributed by atoms with van der Waals surface area (Å²) in [6.07, 6.45) is 0. The van der Waals surface area contributed by atoms with Gasteiger partial charge in [-0.3, -0.25) is 4.90 Å². The molecule has 3 heterocycles. The van der Waals surface area contributed by atoms with Crippen molar-refractivity contribution in [3.8, 4) is 6.07 Å². The van der Waals surface area contributed by atoms with Gasteiger partial charge < -0.3 is 14.5 Å². The van der Waals surface area contributed by atoms with Crippen molar-refractivity contribution in [2.75, 3.05) is 38.2 Å². The normalized spacial score (nSPS) is 16.7. The van der Waals surface area contributed by atoms with Gasteiger partial charge >= 0.3 is 0 Å². The largest absolute Gasteiger partial charge is 0.465 e. The van der Waals surface area contributed by atoms with E-state index in [2.05, 4.69) is 21.3 Å². The third kappa shape index (κ3) is 3.89. The SMILES string of the molecule is Cc1ccc(C(CNc2cccc(C#N)n2)N2CCOCC2)o1. The fourth-order valence-electron chi connectivity index (χ4n) is 2.73. The first-order valence-electron chi connectivity index (χ1n) is 7.75. The molecule has 2 aromatic heterocycles. The summed E-state index contributed by atoms with van der Waals surface area (Å²) in [4.78, 5) is 6.61. The third-order valence-corrected chi connectivity index (χ3v) is 3.92. The predicted octanol–water partition coefficient (Wildman–Crippen LogP) is 2.34. The smallest absolute Gasteiger partial charge is 0.142 e. The molecule has 0 saturated carbocycles. The Bertz CT molecular complexity index is 686. The van der Waals surface area contributed by atoms with Gasteiger partial charge in [-0.15, -0.1) is 0 Å². The van der Waals surface area contributed by atoms with Crippen LogP contribution in [0.3, 0.4) is 0 Å². The Morgan fingerprint density at radius 3 is 2.83 bits per heavy atom. The van der Waals surface area contributed by atoms with Crippen molar-refractivity contribution in [3.63, 3.8) is 0 Å². The Hall–Kier alpha value is -2.36. The first-order valence-corrected chi connectivity index (χ1v) is 7.75. The van der Waals surface area contributed by atoms with Crippen LogP contribution in [0.4, 0.5) is 5.82 Å². The zero-order valence-corrected chi connectivity index (χ0v) is 13.2. The van der Waals surface area contributed by atoms with Crippen molar-refractivity contribution in [1.82, 2.24) is 9.88 Å². The topological polar surface area (TPSA) is 74.3 Å². The van der Waals surface area contributed by atoms with E-state index in [1.165, 1.54) is 0 Å². The molecule has 1 aliphatic rings. The second-order valence-electron chi connectivity index (χ2n) is 5.51. The first kappa shape index (κ1) is 15.5. The Morgan fingerprint density at radius 2 is 2.13 bits per heavy atom. The molecule has 1 unspecified atom stereocenters. The number of pyridine rings is 1. The van der Waals surface area contributed by atoms with Crippen LogP contribution in [0.1, 0.15) is 23.3 Å². The molecular formula is C17H20N4O2. The van der Waals surface area contributed by atoms with Crippen LogP contribution < -0.4 is 5.32 Å². The van der Waals surface area contributed by atoms with Gasteiger partial charge in [-0.1, -0.05) is 6.07 Å². The van der Waals surface area contributed by atoms with E-state index in [1.54, 1.807) is 6.07 Å². The van der Waals surface area contributed by atoms with Gasteiger partial charge in [0, 0.05) is 19.6 Å². The van der Waals surface area contributed by atoms with Crippen molar-refractivity contribution in [1.29, 1.82) is 5.26 Å². The molecule has 1 fully saturated rings. The van der Waals surface area contributed by atoms with E-state index in [9.17, 15) is 0 Å². The van der Waals surface area contributed by atoms with E-state index in [0.29, 0.717) is 18.1 Å². The van der Waals surface area contributed by atoms with Gasteiger partial charge in [0.25, 0.3) is 0 Å². The summed E-state index contributed by atoms with van der Waals surface area (Å²) >= 11 is 0. The van der Waals surface area contributed by atoms with Crippen LogP contribution in [0, 0.1) is 18.3 Å². The van der Waals surface area contributed by atoms with Crippen molar-refractivity contribution < 1.29 is 9.15 Å². The monoisotopic (exact) mass is 312 g/mol. The van der Waals surface area contributed by atoms with Gasteiger partial charge in [0.2, 0.25) is 0 Å². The molecule has 0 radical (unpaired) electrons. The lowest BCUT2D eigenvalue weighted by Gasteiger charge is -2.33. The molecule has 1 atom stereocenters. The second kappa shape index (κ2) is 7.27. The highest BCUT2D eigenvalue weighted by Gasteiger charge is 2.25. The maximum Gasteiger partial charge on any atom is 0.142 e. The van der Waals surface area contributed by atoms with Gasteiger partial charge in [-0.25, -0.2) is 4.98 Å². The lowest BCUT2D eigenvalue weighted by Crippen LogP contribution is -2.41. The number of rotatable bonds is 5. The summed E-state index contributed by atoms with van der Waals surface area (Å²) in [6, 6.07) is 11.6. The number of nitrogens with zero attached hydrogens (tertiary/aromatic N) is 3. The summed E-state index contributed by atoms with van der Waals surface area (Å²) < 4.78 is 11.3. The Morgan fingerprint density at radius 1 is 1.30 bits per heavy atom. The number of morpholine rings is 1. The summed E-state index contributed by atoms with van der Waals surface area (Å²) in [6.45, 7) is 5.83. The quantitative estimate of drug-likeness (QED) is 0.913. The summed E-state index contributed by atoms with van der Waals surface area (Å²) in [5.41, 5.74) is 0.409. The molecule has 6 nitrogen and oxygen atoms in total. The fourth-order valence-corrected chi connectivity index (χ4v) is 2.73. The fraction of sp³-hybridized carbons (Fsp3) is 0.412. The Labute approximate surface area is 135 Å². The number of nitriles is 1. The number of nitrogens with one attached hydrogen (secondary N) is 1. The van der Waals surface area contributed by atoms with Gasteiger partial charge in [0.15, 0.2) is 0 Å². The molecule has 0 aliphatic carbocycles. The molecule has 6 heteroatoms. The van der Waals surface area contributed by atoms with Gasteiger partial charge in [-0.2, -0.15) is 5.26 Å². The van der Waals surface area contributed by atoms with E-state index in [4.69, 9.17) is 14.4 Å². The van der Waals surface area contributed by atoms with Gasteiger partial charge in [0.1, 0.15) is 29.1 Å². The van der Waals surface area contributed by atoms with E-state index in [1.807, 2.05) is 31.2 Å². The van der Waals surface area contributed by atoms with Crippen molar-refractivity contribution in [2.45, 2.75) is 13.0 Å². The molecule has 3 rings (SSSR count). The molecule has 120 valence electrons. The minimum atomic E-state index is 0.111. The number of ether oxygens (including phenoxy) is 1. The standard InChI is InChI=1S/C17H20N4O2/c1-13-5-6-16(23-13)15(21-7-9-22-10-8-21)12-19-17-4-2-3-14(11-18)20-17/h2-6,15H,7-10,12H2,1H3,(H,19,20). The van der Waals surface area contributed by atoms with E-state index < -0.39 is 0 Å². The van der Waals surface area contributed by atoms with Gasteiger partial charge in [0.05, 0.1) is 19.3 Å². The van der Waals surface area contributed by atoms with Crippen LogP contribution in [0.25, 0.3) is 0 Å². The van der Waals surface area contributed by atoms with Crippen molar-refractivity contribution in [3.05, 3.63) is 47.5 Å². The van der Waals surface area contributed by atoms with E-state index in [-0.39, 0.29) is 6.04 Å². The number of aromatic nitrogens is 1. The number of furan rings is 1. The second-order valence-corrected chi connectivity index (χ2v) is 5.51.